The van der Waals surface area contributed by atoms with Gasteiger partial charge in [0.2, 0.25) is 0 Å². The van der Waals surface area contributed by atoms with Gasteiger partial charge in [0.1, 0.15) is 6.10 Å². The minimum atomic E-state index is -1.64. The largest absolute Gasteiger partial charge is 0.455 e. The number of hydrogen-bond donors (Lipinski definition) is 2. The van der Waals surface area contributed by atoms with E-state index in [0.29, 0.717) is 0 Å². The van der Waals surface area contributed by atoms with Crippen molar-refractivity contribution >= 4 is 18.2 Å². The molecule has 0 aliphatic heterocycles. The first-order chi connectivity index (χ1) is 8.49. The fourth-order valence-corrected chi connectivity index (χ4v) is 0.944. The summed E-state index contributed by atoms with van der Waals surface area (Å²) in [7, 11) is 0. The predicted molar refractivity (Wildman–Crippen MR) is 50.3 cm³/mol. The highest BCUT2D eigenvalue weighted by Gasteiger charge is 2.33. The molecule has 0 bridgehead atoms. The van der Waals surface area contributed by atoms with Crippen LogP contribution in [-0.2, 0) is 23.9 Å². The molecule has 0 unspecified atom stereocenters. The second-order valence-electron chi connectivity index (χ2n) is 2.79. The van der Waals surface area contributed by atoms with Crippen molar-refractivity contribution in [1.29, 1.82) is 0 Å². The van der Waals surface area contributed by atoms with E-state index in [2.05, 4.69) is 9.47 Å². The summed E-state index contributed by atoms with van der Waals surface area (Å²) in [4.78, 5) is 32.5. The van der Waals surface area contributed by atoms with Crippen LogP contribution in [0.4, 0.5) is 0 Å². The highest BCUT2D eigenvalue weighted by molar-refractivity contribution is 5.71. The van der Waals surface area contributed by atoms with Crippen LogP contribution in [0.5, 0.6) is 0 Å². The van der Waals surface area contributed by atoms with Crippen LogP contribution in [0.1, 0.15) is 16.5 Å². The fourth-order valence-electron chi connectivity index (χ4n) is 0.944. The Balaban J connectivity index is 4.82. The Morgan fingerprint density at radius 1 is 1.38 bits per heavy atom. The molecular weight excluding hydrogens is 220 g/mol. The predicted octanol–water partition coefficient (Wildman–Crippen LogP) is -1.60. The summed E-state index contributed by atoms with van der Waals surface area (Å²) in [6.45, 7) is -2.34. The lowest BCUT2D eigenvalue weighted by atomic mass is 10.1. The first kappa shape index (κ1) is 11.0. The quantitative estimate of drug-likeness (QED) is 0.422. The van der Waals surface area contributed by atoms with Crippen molar-refractivity contribution in [3.63, 3.8) is 0 Å². The Hall–Kier alpha value is -1.47. The van der Waals surface area contributed by atoms with E-state index in [1.54, 1.807) is 0 Å². The van der Waals surface area contributed by atoms with Crippen LogP contribution >= 0.6 is 0 Å². The third kappa shape index (κ3) is 4.85. The number of ether oxygens (including phenoxy) is 2. The molecular formula is C9H14O7. The van der Waals surface area contributed by atoms with E-state index in [4.69, 9.17) is 7.85 Å². The molecule has 0 aromatic rings. The smallest absolute Gasteiger partial charge is 0.303 e. The topological polar surface area (TPSA) is 110 Å². The van der Waals surface area contributed by atoms with Crippen molar-refractivity contribution in [3.8, 4) is 0 Å². The third-order valence-electron chi connectivity index (χ3n) is 1.56. The zero-order valence-electron chi connectivity index (χ0n) is 10.4. The van der Waals surface area contributed by atoms with Crippen molar-refractivity contribution in [2.45, 2.75) is 32.1 Å². The maximum atomic E-state index is 10.9. The Morgan fingerprint density at radius 2 is 1.94 bits per heavy atom. The lowest BCUT2D eigenvalue weighted by Crippen LogP contribution is -2.45. The molecule has 2 N–H and O–H groups in total. The molecule has 3 atom stereocenters. The summed E-state index contributed by atoms with van der Waals surface area (Å²) in [6, 6.07) is 0. The van der Waals surface area contributed by atoms with Crippen molar-refractivity contribution in [2.75, 3.05) is 6.61 Å². The highest BCUT2D eigenvalue weighted by atomic mass is 16.6. The zero-order chi connectivity index (χ0) is 14.1. The van der Waals surface area contributed by atoms with Crippen LogP contribution in [0.15, 0.2) is 0 Å². The summed E-state index contributed by atoms with van der Waals surface area (Å²) in [5.41, 5.74) is 0. The van der Waals surface area contributed by atoms with Gasteiger partial charge in [-0.1, -0.05) is 0 Å². The Morgan fingerprint density at radius 3 is 2.38 bits per heavy atom. The van der Waals surface area contributed by atoms with Crippen LogP contribution < -0.4 is 0 Å². The Bertz CT molecular complexity index is 297. The molecule has 7 nitrogen and oxygen atoms in total. The molecule has 16 heavy (non-hydrogen) atoms. The number of aliphatic hydroxyl groups is 2. The van der Waals surface area contributed by atoms with Gasteiger partial charge >= 0.3 is 11.9 Å². The van der Waals surface area contributed by atoms with E-state index >= 15 is 0 Å². The van der Waals surface area contributed by atoms with Gasteiger partial charge < -0.3 is 19.7 Å². The zero-order valence-corrected chi connectivity index (χ0v) is 8.37. The molecule has 0 amide bonds. The number of esters is 2. The monoisotopic (exact) mass is 236 g/mol. The second kappa shape index (κ2) is 6.91. The van der Waals surface area contributed by atoms with Crippen molar-refractivity contribution in [2.24, 2.45) is 0 Å². The lowest BCUT2D eigenvalue weighted by molar-refractivity contribution is -0.176. The number of rotatable bonds is 6. The van der Waals surface area contributed by atoms with Gasteiger partial charge in [-0.3, -0.25) is 14.4 Å². The van der Waals surface area contributed by atoms with Crippen LogP contribution in [0.2, 0.25) is 0 Å². The molecule has 0 spiro atoms. The molecule has 0 aliphatic rings. The van der Waals surface area contributed by atoms with E-state index in [1.165, 1.54) is 0 Å². The van der Waals surface area contributed by atoms with Gasteiger partial charge in [-0.15, -0.1) is 0 Å². The van der Waals surface area contributed by atoms with E-state index < -0.39 is 50.7 Å². The molecule has 0 heterocycles. The number of carbonyl (C=O) groups excluding carboxylic acids is 3. The number of aliphatic hydroxyl groups excluding tert-OH is 2. The first-order valence-electron chi connectivity index (χ1n) is 5.63. The van der Waals surface area contributed by atoms with Crippen molar-refractivity contribution in [1.82, 2.24) is 0 Å². The van der Waals surface area contributed by atoms with E-state index in [9.17, 15) is 19.5 Å². The molecule has 92 valence electrons. The summed E-state index contributed by atoms with van der Waals surface area (Å²) >= 11 is 0. The number of aldehydes is 1. The number of hydrogen-bond acceptors (Lipinski definition) is 7. The van der Waals surface area contributed by atoms with Crippen molar-refractivity contribution < 1.29 is 36.8 Å². The molecule has 0 saturated carbocycles. The molecule has 7 heteroatoms. The molecule has 0 aromatic carbocycles. The molecule has 0 aliphatic carbocycles. The minimum Gasteiger partial charge on any atom is -0.455 e. The molecule has 0 aromatic heterocycles. The molecule has 0 saturated heterocycles. The van der Waals surface area contributed by atoms with Crippen LogP contribution in [-0.4, -0.2) is 53.4 Å². The van der Waals surface area contributed by atoms with Gasteiger partial charge in [0, 0.05) is 16.5 Å². The van der Waals surface area contributed by atoms with Crippen LogP contribution in [0.25, 0.3) is 0 Å². The maximum absolute atomic E-state index is 10.9. The summed E-state index contributed by atoms with van der Waals surface area (Å²) in [5.74, 6) is -2.11. The lowest BCUT2D eigenvalue weighted by Gasteiger charge is -2.25. The van der Waals surface area contributed by atoms with Gasteiger partial charge in [-0.25, -0.2) is 0 Å². The summed E-state index contributed by atoms with van der Waals surface area (Å²) in [5, 5.41) is 18.1. The van der Waals surface area contributed by atoms with Gasteiger partial charge in [0.25, 0.3) is 0 Å². The molecule has 0 rings (SSSR count). The summed E-state index contributed by atoms with van der Waals surface area (Å²) in [6.07, 6.45) is -4.79. The maximum Gasteiger partial charge on any atom is 0.303 e. The normalized spacial score (nSPS) is 17.4. The number of carbonyl (C=O) groups is 3. The third-order valence-corrected chi connectivity index (χ3v) is 1.56. The van der Waals surface area contributed by atoms with Gasteiger partial charge in [-0.05, 0) is 0 Å². The average molecular weight is 236 g/mol. The van der Waals surface area contributed by atoms with E-state index in [0.717, 1.165) is 0 Å². The van der Waals surface area contributed by atoms with Gasteiger partial charge in [0.05, 0.1) is 6.61 Å². The van der Waals surface area contributed by atoms with E-state index in [1.807, 2.05) is 0 Å². The van der Waals surface area contributed by atoms with E-state index in [-0.39, 0.29) is 6.29 Å². The standard InChI is InChI=1S/C9H14O7/c1-5(12)15-8(4-11)9(7(14)3-10)16-6(2)13/h4,7-10,14H,3H2,1-2H3/t7-,8-,9-/m1/s1/i1D,2D. The SMILES string of the molecule is [2H]CC(=O)O[C@H]([C@H](O)CO)[C@@H](C=O)OC(=O)C[2H]. The van der Waals surface area contributed by atoms with Gasteiger partial charge in [0.15, 0.2) is 18.5 Å². The second-order valence-corrected chi connectivity index (χ2v) is 2.79. The van der Waals surface area contributed by atoms with Crippen LogP contribution in [0, 0.1) is 0 Å². The Labute approximate surface area is 94.8 Å². The molecule has 0 radical (unpaired) electrons. The van der Waals surface area contributed by atoms with Crippen molar-refractivity contribution in [3.05, 3.63) is 0 Å². The van der Waals surface area contributed by atoms with Crippen LogP contribution in [0.3, 0.4) is 0 Å². The summed E-state index contributed by atoms with van der Waals surface area (Å²) < 4.78 is 22.5. The van der Waals surface area contributed by atoms with Gasteiger partial charge in [-0.2, -0.15) is 0 Å². The average Bonchev–Trinajstić information content (AvgIpc) is 2.40. The first-order valence-corrected chi connectivity index (χ1v) is 4.21. The molecule has 0 fully saturated rings. The highest BCUT2D eigenvalue weighted by Crippen LogP contribution is 2.08. The fraction of sp³-hybridized carbons (Fsp3) is 0.667. The Kier molecular flexibility index (Phi) is 4.76. The minimum absolute atomic E-state index is 0.105.